The van der Waals surface area contributed by atoms with Gasteiger partial charge in [-0.15, -0.1) is 0 Å². The molecule has 2 rings (SSSR count). The highest BCUT2D eigenvalue weighted by Crippen LogP contribution is 2.30. The Kier molecular flexibility index (Phi) is 3.95. The van der Waals surface area contributed by atoms with E-state index < -0.39 is 28.9 Å². The van der Waals surface area contributed by atoms with Crippen molar-refractivity contribution in [3.8, 4) is 17.7 Å². The van der Waals surface area contributed by atoms with Gasteiger partial charge in [0.25, 0.3) is 0 Å². The molecule has 1 aromatic heterocycles. The number of benzene rings is 1. The summed E-state index contributed by atoms with van der Waals surface area (Å²) in [6.07, 6.45) is -4.79. The van der Waals surface area contributed by atoms with Crippen LogP contribution in [0.1, 0.15) is 11.4 Å². The fourth-order valence-electron chi connectivity index (χ4n) is 1.35. The molecule has 21 heavy (non-hydrogen) atoms. The van der Waals surface area contributed by atoms with E-state index in [0.29, 0.717) is 0 Å². The molecule has 9 heteroatoms. The number of ether oxygens (including phenoxy) is 1. The maximum absolute atomic E-state index is 13.4. The van der Waals surface area contributed by atoms with E-state index in [-0.39, 0.29) is 11.3 Å². The summed E-state index contributed by atoms with van der Waals surface area (Å²) in [6, 6.07) is 5.74. The standard InChI is InChI=1S/C12H4ClF4N3O/c13-9-4-10(20-11(19-9)12(15,16)17)21-7-2-1-6(5-18)8(14)3-7/h1-4H. The van der Waals surface area contributed by atoms with Gasteiger partial charge in [-0.1, -0.05) is 11.6 Å². The molecule has 108 valence electrons. The van der Waals surface area contributed by atoms with Gasteiger partial charge in [0.2, 0.25) is 11.7 Å². The van der Waals surface area contributed by atoms with E-state index in [1.165, 1.54) is 6.07 Å². The van der Waals surface area contributed by atoms with Crippen molar-refractivity contribution in [3.05, 3.63) is 46.6 Å². The van der Waals surface area contributed by atoms with Gasteiger partial charge in [-0.2, -0.15) is 23.4 Å². The topological polar surface area (TPSA) is 58.8 Å². The summed E-state index contributed by atoms with van der Waals surface area (Å²) in [7, 11) is 0. The summed E-state index contributed by atoms with van der Waals surface area (Å²) in [6.45, 7) is 0. The van der Waals surface area contributed by atoms with Crippen molar-refractivity contribution < 1.29 is 22.3 Å². The second kappa shape index (κ2) is 5.54. The van der Waals surface area contributed by atoms with Crippen molar-refractivity contribution in [2.75, 3.05) is 0 Å². The molecule has 0 radical (unpaired) electrons. The minimum Gasteiger partial charge on any atom is -0.439 e. The molecular weight excluding hydrogens is 314 g/mol. The van der Waals surface area contributed by atoms with E-state index in [0.717, 1.165) is 18.2 Å². The molecular formula is C12H4ClF4N3O. The van der Waals surface area contributed by atoms with Crippen LogP contribution in [0, 0.1) is 17.1 Å². The second-order valence-electron chi connectivity index (χ2n) is 3.71. The summed E-state index contributed by atoms with van der Waals surface area (Å²) in [4.78, 5) is 6.17. The predicted octanol–water partition coefficient (Wildman–Crippen LogP) is 3.95. The van der Waals surface area contributed by atoms with E-state index in [2.05, 4.69) is 9.97 Å². The van der Waals surface area contributed by atoms with Crippen LogP contribution in [0.4, 0.5) is 17.6 Å². The van der Waals surface area contributed by atoms with Crippen molar-refractivity contribution in [2.24, 2.45) is 0 Å². The molecule has 0 atom stereocenters. The van der Waals surface area contributed by atoms with Gasteiger partial charge in [0.1, 0.15) is 22.8 Å². The maximum Gasteiger partial charge on any atom is 0.451 e. The first kappa shape index (κ1) is 15.0. The van der Waals surface area contributed by atoms with Gasteiger partial charge in [0, 0.05) is 12.1 Å². The Labute approximate surface area is 120 Å². The number of alkyl halides is 3. The van der Waals surface area contributed by atoms with E-state index in [9.17, 15) is 17.6 Å². The zero-order valence-corrected chi connectivity index (χ0v) is 10.7. The average molecular weight is 318 g/mol. The van der Waals surface area contributed by atoms with Crippen molar-refractivity contribution in [1.82, 2.24) is 9.97 Å². The molecule has 4 nitrogen and oxygen atoms in total. The molecule has 0 aliphatic rings. The van der Waals surface area contributed by atoms with Gasteiger partial charge in [-0.3, -0.25) is 0 Å². The Bertz CT molecular complexity index is 727. The largest absolute Gasteiger partial charge is 0.451 e. The van der Waals surface area contributed by atoms with E-state index in [4.69, 9.17) is 21.6 Å². The molecule has 2 aromatic rings. The predicted molar refractivity (Wildman–Crippen MR) is 63.2 cm³/mol. The third-order valence-electron chi connectivity index (χ3n) is 2.21. The average Bonchev–Trinajstić information content (AvgIpc) is 2.37. The molecule has 0 N–H and O–H groups in total. The Balaban J connectivity index is 2.34. The monoisotopic (exact) mass is 317 g/mol. The molecule has 0 amide bonds. The van der Waals surface area contributed by atoms with Crippen molar-refractivity contribution >= 4 is 11.6 Å². The molecule has 0 fully saturated rings. The number of nitrogens with zero attached hydrogens (tertiary/aromatic N) is 3. The van der Waals surface area contributed by atoms with E-state index in [1.807, 2.05) is 0 Å². The minimum absolute atomic E-state index is 0.130. The first-order chi connectivity index (χ1) is 9.79. The lowest BCUT2D eigenvalue weighted by Gasteiger charge is -2.09. The summed E-state index contributed by atoms with van der Waals surface area (Å²) in [5, 5.41) is 8.10. The highest BCUT2D eigenvalue weighted by Gasteiger charge is 2.35. The summed E-state index contributed by atoms with van der Waals surface area (Å²) >= 11 is 5.45. The van der Waals surface area contributed by atoms with Crippen LogP contribution in [0.5, 0.6) is 11.6 Å². The molecule has 0 bridgehead atoms. The van der Waals surface area contributed by atoms with E-state index in [1.54, 1.807) is 6.07 Å². The van der Waals surface area contributed by atoms with Crippen LogP contribution in [-0.4, -0.2) is 9.97 Å². The van der Waals surface area contributed by atoms with Crippen LogP contribution >= 0.6 is 11.6 Å². The molecule has 0 unspecified atom stereocenters. The van der Waals surface area contributed by atoms with E-state index >= 15 is 0 Å². The van der Waals surface area contributed by atoms with Crippen molar-refractivity contribution in [1.29, 1.82) is 5.26 Å². The third kappa shape index (κ3) is 3.58. The summed E-state index contributed by atoms with van der Waals surface area (Å²) in [5.74, 6) is -2.97. The molecule has 0 saturated heterocycles. The van der Waals surface area contributed by atoms with Crippen LogP contribution in [0.2, 0.25) is 5.15 Å². The first-order valence-electron chi connectivity index (χ1n) is 5.29. The number of rotatable bonds is 2. The van der Waals surface area contributed by atoms with Crippen LogP contribution < -0.4 is 4.74 Å². The first-order valence-corrected chi connectivity index (χ1v) is 5.66. The van der Waals surface area contributed by atoms with Crippen molar-refractivity contribution in [3.63, 3.8) is 0 Å². The number of hydrogen-bond acceptors (Lipinski definition) is 4. The molecule has 0 spiro atoms. The number of aromatic nitrogens is 2. The second-order valence-corrected chi connectivity index (χ2v) is 4.09. The summed E-state index contributed by atoms with van der Waals surface area (Å²) in [5.41, 5.74) is -0.223. The molecule has 0 aliphatic carbocycles. The Morgan fingerprint density at radius 2 is 1.90 bits per heavy atom. The minimum atomic E-state index is -4.79. The van der Waals surface area contributed by atoms with Gasteiger partial charge in [0.15, 0.2) is 0 Å². The van der Waals surface area contributed by atoms with Gasteiger partial charge < -0.3 is 4.74 Å². The maximum atomic E-state index is 13.4. The van der Waals surface area contributed by atoms with Crippen LogP contribution in [-0.2, 0) is 6.18 Å². The Morgan fingerprint density at radius 1 is 1.19 bits per heavy atom. The van der Waals surface area contributed by atoms with Gasteiger partial charge in [-0.05, 0) is 12.1 Å². The smallest absolute Gasteiger partial charge is 0.439 e. The number of halogens is 5. The molecule has 1 heterocycles. The Hall–Kier alpha value is -2.40. The lowest BCUT2D eigenvalue weighted by atomic mass is 10.2. The highest BCUT2D eigenvalue weighted by atomic mass is 35.5. The molecule has 0 saturated carbocycles. The summed E-state index contributed by atoms with van der Waals surface area (Å²) < 4.78 is 55.9. The quantitative estimate of drug-likeness (QED) is 0.621. The van der Waals surface area contributed by atoms with Gasteiger partial charge in [0.05, 0.1) is 5.56 Å². The van der Waals surface area contributed by atoms with Crippen LogP contribution in [0.25, 0.3) is 0 Å². The van der Waals surface area contributed by atoms with Crippen LogP contribution in [0.15, 0.2) is 24.3 Å². The molecule has 0 aliphatic heterocycles. The third-order valence-corrected chi connectivity index (χ3v) is 2.40. The Morgan fingerprint density at radius 3 is 2.48 bits per heavy atom. The fraction of sp³-hybridized carbons (Fsp3) is 0.0833. The molecule has 1 aromatic carbocycles. The van der Waals surface area contributed by atoms with Crippen LogP contribution in [0.3, 0.4) is 0 Å². The number of hydrogen-bond donors (Lipinski definition) is 0. The fourth-order valence-corrected chi connectivity index (χ4v) is 1.52. The normalized spacial score (nSPS) is 11.0. The lowest BCUT2D eigenvalue weighted by Crippen LogP contribution is -2.11. The zero-order chi connectivity index (χ0) is 15.6. The lowest BCUT2D eigenvalue weighted by molar-refractivity contribution is -0.145. The van der Waals surface area contributed by atoms with Gasteiger partial charge >= 0.3 is 6.18 Å². The number of nitriles is 1. The van der Waals surface area contributed by atoms with Gasteiger partial charge in [-0.25, -0.2) is 9.37 Å². The SMILES string of the molecule is N#Cc1ccc(Oc2cc(Cl)nc(C(F)(F)F)n2)cc1F. The van der Waals surface area contributed by atoms with Crippen molar-refractivity contribution in [2.45, 2.75) is 6.18 Å². The highest BCUT2D eigenvalue weighted by molar-refractivity contribution is 6.29. The zero-order valence-electron chi connectivity index (χ0n) is 9.95.